The molecular formula is C11H12O2. The first-order valence-corrected chi connectivity index (χ1v) is 4.20. The van der Waals surface area contributed by atoms with E-state index in [0.717, 1.165) is 5.56 Å². The van der Waals surface area contributed by atoms with Gasteiger partial charge in [-0.15, -0.1) is 0 Å². The number of hydrogen-bond donors (Lipinski definition) is 1. The van der Waals surface area contributed by atoms with Crippen LogP contribution in [0.25, 0.3) is 6.08 Å². The number of aliphatic hydroxyl groups excluding tert-OH is 1. The number of rotatable bonds is 4. The lowest BCUT2D eigenvalue weighted by Gasteiger charge is -1.91. The van der Waals surface area contributed by atoms with Crippen LogP contribution in [0.1, 0.15) is 12.0 Å². The van der Waals surface area contributed by atoms with Gasteiger partial charge in [0.2, 0.25) is 0 Å². The van der Waals surface area contributed by atoms with Crippen LogP contribution in [0.4, 0.5) is 0 Å². The minimum atomic E-state index is -0.0854. The number of ketones is 1. The summed E-state index contributed by atoms with van der Waals surface area (Å²) in [6, 6.07) is 9.59. The van der Waals surface area contributed by atoms with Gasteiger partial charge in [0.15, 0.2) is 5.78 Å². The Balaban J connectivity index is 2.54. The van der Waals surface area contributed by atoms with E-state index in [-0.39, 0.29) is 18.8 Å². The Hall–Kier alpha value is -1.41. The summed E-state index contributed by atoms with van der Waals surface area (Å²) in [5.41, 5.74) is 0.994. The highest BCUT2D eigenvalue weighted by atomic mass is 16.3. The van der Waals surface area contributed by atoms with Crippen molar-refractivity contribution in [2.45, 2.75) is 6.42 Å². The second-order valence-electron chi connectivity index (χ2n) is 2.68. The van der Waals surface area contributed by atoms with Crippen molar-refractivity contribution in [3.05, 3.63) is 42.0 Å². The first-order chi connectivity index (χ1) is 6.33. The summed E-state index contributed by atoms with van der Waals surface area (Å²) < 4.78 is 0. The molecule has 2 heteroatoms. The summed E-state index contributed by atoms with van der Waals surface area (Å²) >= 11 is 0. The molecule has 0 aliphatic carbocycles. The van der Waals surface area contributed by atoms with Crippen molar-refractivity contribution >= 4 is 11.9 Å². The van der Waals surface area contributed by atoms with Gasteiger partial charge in [0.05, 0.1) is 6.61 Å². The Labute approximate surface area is 77.5 Å². The van der Waals surface area contributed by atoms with Gasteiger partial charge in [-0.05, 0) is 11.6 Å². The highest BCUT2D eigenvalue weighted by Gasteiger charge is 1.93. The average molecular weight is 176 g/mol. The highest BCUT2D eigenvalue weighted by molar-refractivity contribution is 5.93. The highest BCUT2D eigenvalue weighted by Crippen LogP contribution is 2.01. The van der Waals surface area contributed by atoms with Crippen LogP contribution < -0.4 is 0 Å². The van der Waals surface area contributed by atoms with Gasteiger partial charge >= 0.3 is 0 Å². The molecule has 13 heavy (non-hydrogen) atoms. The SMILES string of the molecule is O=C(/C=C/c1ccccc1)CCO. The largest absolute Gasteiger partial charge is 0.396 e. The molecule has 1 aromatic rings. The lowest BCUT2D eigenvalue weighted by Crippen LogP contribution is -1.95. The summed E-state index contributed by atoms with van der Waals surface area (Å²) in [4.78, 5) is 11.0. The molecule has 0 atom stereocenters. The number of hydrogen-bond acceptors (Lipinski definition) is 2. The molecule has 0 unspecified atom stereocenters. The maximum atomic E-state index is 11.0. The van der Waals surface area contributed by atoms with E-state index in [0.29, 0.717) is 0 Å². The van der Waals surface area contributed by atoms with Gasteiger partial charge in [-0.3, -0.25) is 4.79 Å². The molecular weight excluding hydrogens is 164 g/mol. The molecule has 2 nitrogen and oxygen atoms in total. The smallest absolute Gasteiger partial charge is 0.157 e. The van der Waals surface area contributed by atoms with Gasteiger partial charge in [-0.1, -0.05) is 36.4 Å². The Morgan fingerprint density at radius 3 is 2.62 bits per heavy atom. The molecule has 0 aromatic heterocycles. The first kappa shape index (κ1) is 9.68. The summed E-state index contributed by atoms with van der Waals surface area (Å²) in [7, 11) is 0. The normalized spacial score (nSPS) is 10.5. The quantitative estimate of drug-likeness (QED) is 0.708. The molecule has 1 aromatic carbocycles. The molecule has 0 spiro atoms. The summed E-state index contributed by atoms with van der Waals surface area (Å²) in [5.74, 6) is -0.0497. The first-order valence-electron chi connectivity index (χ1n) is 4.20. The van der Waals surface area contributed by atoms with E-state index in [1.165, 1.54) is 6.08 Å². The molecule has 0 fully saturated rings. The fourth-order valence-electron chi connectivity index (χ4n) is 0.947. The Kier molecular flexibility index (Phi) is 3.93. The van der Waals surface area contributed by atoms with Crippen LogP contribution in [0.5, 0.6) is 0 Å². The van der Waals surface area contributed by atoms with Crippen LogP contribution in [0.3, 0.4) is 0 Å². The average Bonchev–Trinajstić information content (AvgIpc) is 2.17. The van der Waals surface area contributed by atoms with Crippen molar-refractivity contribution in [3.8, 4) is 0 Å². The molecule has 0 aliphatic rings. The second-order valence-corrected chi connectivity index (χ2v) is 2.68. The predicted molar refractivity (Wildman–Crippen MR) is 52.2 cm³/mol. The monoisotopic (exact) mass is 176 g/mol. The molecule has 0 aliphatic heterocycles. The van der Waals surface area contributed by atoms with Crippen molar-refractivity contribution in [2.24, 2.45) is 0 Å². The maximum Gasteiger partial charge on any atom is 0.157 e. The molecule has 0 bridgehead atoms. The van der Waals surface area contributed by atoms with Gasteiger partial charge in [0, 0.05) is 6.42 Å². The van der Waals surface area contributed by atoms with Crippen LogP contribution in [0.2, 0.25) is 0 Å². The summed E-state index contributed by atoms with van der Waals surface area (Å²) in [6.07, 6.45) is 3.44. The number of aliphatic hydroxyl groups is 1. The van der Waals surface area contributed by atoms with Crippen LogP contribution in [0, 0.1) is 0 Å². The maximum absolute atomic E-state index is 11.0. The third-order valence-corrected chi connectivity index (χ3v) is 1.62. The van der Waals surface area contributed by atoms with Crippen molar-refractivity contribution in [1.82, 2.24) is 0 Å². The van der Waals surface area contributed by atoms with Crippen molar-refractivity contribution in [2.75, 3.05) is 6.61 Å². The molecule has 0 saturated carbocycles. The fourth-order valence-corrected chi connectivity index (χ4v) is 0.947. The Morgan fingerprint density at radius 1 is 1.31 bits per heavy atom. The second kappa shape index (κ2) is 5.27. The van der Waals surface area contributed by atoms with Crippen molar-refractivity contribution < 1.29 is 9.90 Å². The van der Waals surface area contributed by atoms with Gasteiger partial charge < -0.3 is 5.11 Å². The lowest BCUT2D eigenvalue weighted by molar-refractivity contribution is -0.115. The standard InChI is InChI=1S/C11H12O2/c12-9-8-11(13)7-6-10-4-2-1-3-5-10/h1-7,12H,8-9H2/b7-6+. The third-order valence-electron chi connectivity index (χ3n) is 1.62. The van der Waals surface area contributed by atoms with E-state index < -0.39 is 0 Å². The number of carbonyl (C=O) groups excluding carboxylic acids is 1. The van der Waals surface area contributed by atoms with Crippen LogP contribution in [-0.4, -0.2) is 17.5 Å². The van der Waals surface area contributed by atoms with Crippen LogP contribution in [0.15, 0.2) is 36.4 Å². The number of carbonyl (C=O) groups is 1. The minimum absolute atomic E-state index is 0.0497. The van der Waals surface area contributed by atoms with E-state index in [1.807, 2.05) is 30.3 Å². The molecule has 0 amide bonds. The third kappa shape index (κ3) is 3.67. The van der Waals surface area contributed by atoms with E-state index in [1.54, 1.807) is 6.08 Å². The zero-order chi connectivity index (χ0) is 9.52. The fraction of sp³-hybridized carbons (Fsp3) is 0.182. The van der Waals surface area contributed by atoms with Crippen molar-refractivity contribution in [1.29, 1.82) is 0 Å². The molecule has 0 heterocycles. The Bertz CT molecular complexity index is 288. The zero-order valence-electron chi connectivity index (χ0n) is 7.31. The minimum Gasteiger partial charge on any atom is -0.396 e. The molecule has 1 N–H and O–H groups in total. The van der Waals surface area contributed by atoms with Crippen LogP contribution >= 0.6 is 0 Å². The molecule has 1 rings (SSSR count). The van der Waals surface area contributed by atoms with E-state index >= 15 is 0 Å². The van der Waals surface area contributed by atoms with Gasteiger partial charge in [-0.2, -0.15) is 0 Å². The van der Waals surface area contributed by atoms with Crippen LogP contribution in [-0.2, 0) is 4.79 Å². The summed E-state index contributed by atoms with van der Waals surface area (Å²) in [6.45, 7) is -0.0854. The Morgan fingerprint density at radius 2 is 2.00 bits per heavy atom. The predicted octanol–water partition coefficient (Wildman–Crippen LogP) is 1.65. The topological polar surface area (TPSA) is 37.3 Å². The zero-order valence-corrected chi connectivity index (χ0v) is 7.31. The molecule has 0 radical (unpaired) electrons. The van der Waals surface area contributed by atoms with Gasteiger partial charge in [0.1, 0.15) is 0 Å². The van der Waals surface area contributed by atoms with E-state index in [2.05, 4.69) is 0 Å². The molecule has 68 valence electrons. The summed E-state index contributed by atoms with van der Waals surface area (Å²) in [5, 5.41) is 8.48. The van der Waals surface area contributed by atoms with E-state index in [9.17, 15) is 4.79 Å². The number of allylic oxidation sites excluding steroid dienone is 1. The molecule has 0 saturated heterocycles. The van der Waals surface area contributed by atoms with E-state index in [4.69, 9.17) is 5.11 Å². The lowest BCUT2D eigenvalue weighted by atomic mass is 10.2. The van der Waals surface area contributed by atoms with Gasteiger partial charge in [0.25, 0.3) is 0 Å². The van der Waals surface area contributed by atoms with Gasteiger partial charge in [-0.25, -0.2) is 0 Å². The van der Waals surface area contributed by atoms with Crippen molar-refractivity contribution in [3.63, 3.8) is 0 Å². The number of benzene rings is 1.